The number of hydrogen-bond donors (Lipinski definition) is 1. The van der Waals surface area contributed by atoms with E-state index in [0.29, 0.717) is 11.5 Å². The van der Waals surface area contributed by atoms with Crippen molar-refractivity contribution >= 4 is 22.6 Å². The van der Waals surface area contributed by atoms with Crippen LogP contribution in [0.3, 0.4) is 0 Å². The summed E-state index contributed by atoms with van der Waals surface area (Å²) in [5.41, 5.74) is 1.17. The zero-order valence-corrected chi connectivity index (χ0v) is 13.3. The number of fused-ring (bicyclic) bond motifs is 1. The smallest absolute Gasteiger partial charge is 0.245 e. The number of nitrogens with one attached hydrogen (secondary N) is 1. The fourth-order valence-corrected chi connectivity index (χ4v) is 2.65. The van der Waals surface area contributed by atoms with Gasteiger partial charge in [-0.3, -0.25) is 9.59 Å². The van der Waals surface area contributed by atoms with Gasteiger partial charge in [0.1, 0.15) is 18.2 Å². The average Bonchev–Trinajstić information content (AvgIpc) is 2.51. The molecular weight excluding hydrogens is 309 g/mol. The number of aryl methyl sites for hydroxylation is 2. The molecule has 0 radical (unpaired) electrons. The van der Waals surface area contributed by atoms with E-state index in [4.69, 9.17) is 0 Å². The van der Waals surface area contributed by atoms with Gasteiger partial charge in [0.15, 0.2) is 5.43 Å². The van der Waals surface area contributed by atoms with E-state index < -0.39 is 5.82 Å². The Kier molecular flexibility index (Phi) is 4.12. The van der Waals surface area contributed by atoms with E-state index in [9.17, 15) is 14.0 Å². The average molecular weight is 325 g/mol. The summed E-state index contributed by atoms with van der Waals surface area (Å²) in [6.45, 7) is 3.38. The second-order valence-electron chi connectivity index (χ2n) is 5.58. The maximum atomic E-state index is 14.2. The first-order chi connectivity index (χ1) is 11.5. The molecule has 0 aliphatic heterocycles. The van der Waals surface area contributed by atoms with Gasteiger partial charge in [-0.15, -0.1) is 0 Å². The van der Waals surface area contributed by atoms with Gasteiger partial charge in [-0.25, -0.2) is 9.37 Å². The highest BCUT2D eigenvalue weighted by Gasteiger charge is 2.13. The lowest BCUT2D eigenvalue weighted by atomic mass is 10.1. The molecule has 0 spiro atoms. The van der Waals surface area contributed by atoms with E-state index in [1.165, 1.54) is 22.8 Å². The number of para-hydroxylation sites is 1. The van der Waals surface area contributed by atoms with Gasteiger partial charge in [-0.1, -0.05) is 12.1 Å². The van der Waals surface area contributed by atoms with Crippen LogP contribution in [0.2, 0.25) is 0 Å². The lowest BCUT2D eigenvalue weighted by molar-refractivity contribution is -0.116. The topological polar surface area (TPSA) is 64.0 Å². The maximum absolute atomic E-state index is 14.2. The van der Waals surface area contributed by atoms with Crippen LogP contribution in [0.15, 0.2) is 47.3 Å². The molecule has 0 saturated carbocycles. The highest BCUT2D eigenvalue weighted by molar-refractivity contribution is 5.91. The molecule has 3 rings (SSSR count). The zero-order valence-electron chi connectivity index (χ0n) is 13.3. The van der Waals surface area contributed by atoms with Crippen LogP contribution in [-0.4, -0.2) is 15.5 Å². The molecule has 1 amide bonds. The van der Waals surface area contributed by atoms with E-state index in [2.05, 4.69) is 10.3 Å². The van der Waals surface area contributed by atoms with Gasteiger partial charge in [0.25, 0.3) is 0 Å². The zero-order chi connectivity index (χ0) is 17.3. The molecule has 0 fully saturated rings. The highest BCUT2D eigenvalue weighted by atomic mass is 19.1. The summed E-state index contributed by atoms with van der Waals surface area (Å²) in [6.07, 6.45) is 0. The quantitative estimate of drug-likeness (QED) is 0.805. The van der Waals surface area contributed by atoms with Crippen LogP contribution in [0.1, 0.15) is 11.4 Å². The monoisotopic (exact) mass is 325 g/mol. The normalized spacial score (nSPS) is 10.8. The van der Waals surface area contributed by atoms with Gasteiger partial charge < -0.3 is 9.88 Å². The molecule has 0 atom stereocenters. The summed E-state index contributed by atoms with van der Waals surface area (Å²) >= 11 is 0. The summed E-state index contributed by atoms with van der Waals surface area (Å²) in [6, 6.07) is 11.0. The molecule has 0 saturated heterocycles. The van der Waals surface area contributed by atoms with Crippen molar-refractivity contribution in [1.29, 1.82) is 0 Å². The SMILES string of the molecule is Cc1cccc(NC(=O)Cn2c(C)cc(=O)c3cccc(F)c32)n1. The Hall–Kier alpha value is -3.02. The van der Waals surface area contributed by atoms with Crippen molar-refractivity contribution in [2.24, 2.45) is 0 Å². The third kappa shape index (κ3) is 3.03. The van der Waals surface area contributed by atoms with Crippen molar-refractivity contribution < 1.29 is 9.18 Å². The van der Waals surface area contributed by atoms with E-state index in [-0.39, 0.29) is 28.8 Å². The van der Waals surface area contributed by atoms with E-state index >= 15 is 0 Å². The number of halogens is 1. The minimum atomic E-state index is -0.533. The molecule has 6 heteroatoms. The molecule has 2 heterocycles. The molecule has 0 bridgehead atoms. The second kappa shape index (κ2) is 6.23. The summed E-state index contributed by atoms with van der Waals surface area (Å²) in [7, 11) is 0. The van der Waals surface area contributed by atoms with Crippen LogP contribution in [0.4, 0.5) is 10.2 Å². The summed E-state index contributed by atoms with van der Waals surface area (Å²) in [4.78, 5) is 28.5. The Morgan fingerprint density at radius 2 is 1.96 bits per heavy atom. The number of aromatic nitrogens is 2. The van der Waals surface area contributed by atoms with E-state index in [1.807, 2.05) is 13.0 Å². The minimum Gasteiger partial charge on any atom is -0.333 e. The number of amides is 1. The van der Waals surface area contributed by atoms with Crippen LogP contribution >= 0.6 is 0 Å². The Balaban J connectivity index is 1.98. The lowest BCUT2D eigenvalue weighted by Gasteiger charge is -2.15. The molecule has 24 heavy (non-hydrogen) atoms. The molecule has 5 nitrogen and oxygen atoms in total. The maximum Gasteiger partial charge on any atom is 0.245 e. The molecule has 2 aromatic heterocycles. The molecule has 0 aliphatic rings. The fourth-order valence-electron chi connectivity index (χ4n) is 2.65. The lowest BCUT2D eigenvalue weighted by Crippen LogP contribution is -2.23. The predicted molar refractivity (Wildman–Crippen MR) is 90.5 cm³/mol. The highest BCUT2D eigenvalue weighted by Crippen LogP contribution is 2.17. The number of anilines is 1. The van der Waals surface area contributed by atoms with Crippen molar-refractivity contribution in [2.45, 2.75) is 20.4 Å². The number of carbonyl (C=O) groups is 1. The molecule has 0 aliphatic carbocycles. The van der Waals surface area contributed by atoms with Crippen molar-refractivity contribution in [1.82, 2.24) is 9.55 Å². The standard InChI is InChI=1S/C18H16FN3O2/c1-11-5-3-8-16(20-11)21-17(24)10-22-12(2)9-15(23)13-6-4-7-14(19)18(13)22/h3-9H,10H2,1-2H3,(H,20,21,24). The summed E-state index contributed by atoms with van der Waals surface area (Å²) in [5.74, 6) is -0.442. The number of rotatable bonds is 3. The predicted octanol–water partition coefficient (Wildman–Crippen LogP) is 2.79. The molecular formula is C18H16FN3O2. The van der Waals surface area contributed by atoms with Gasteiger partial charge in [0.2, 0.25) is 5.91 Å². The number of pyridine rings is 2. The van der Waals surface area contributed by atoms with Crippen LogP contribution < -0.4 is 10.7 Å². The van der Waals surface area contributed by atoms with Gasteiger partial charge in [0.05, 0.1) is 5.52 Å². The number of carbonyl (C=O) groups excluding carboxylic acids is 1. The number of nitrogens with zero attached hydrogens (tertiary/aromatic N) is 2. The first-order valence-corrected chi connectivity index (χ1v) is 7.48. The van der Waals surface area contributed by atoms with Gasteiger partial charge in [-0.05, 0) is 38.1 Å². The molecule has 3 aromatic rings. The molecule has 0 unspecified atom stereocenters. The summed E-state index contributed by atoms with van der Waals surface area (Å²) < 4.78 is 15.7. The van der Waals surface area contributed by atoms with Crippen molar-refractivity contribution in [2.75, 3.05) is 5.32 Å². The van der Waals surface area contributed by atoms with Crippen LogP contribution in [0.25, 0.3) is 10.9 Å². The van der Waals surface area contributed by atoms with Crippen LogP contribution in [-0.2, 0) is 11.3 Å². The van der Waals surface area contributed by atoms with Crippen LogP contribution in [0.5, 0.6) is 0 Å². The Morgan fingerprint density at radius 3 is 2.71 bits per heavy atom. The van der Waals surface area contributed by atoms with E-state index in [1.54, 1.807) is 25.1 Å². The van der Waals surface area contributed by atoms with Gasteiger partial charge >= 0.3 is 0 Å². The minimum absolute atomic E-state index is 0.112. The van der Waals surface area contributed by atoms with Crippen molar-refractivity contribution in [3.63, 3.8) is 0 Å². The molecule has 1 aromatic carbocycles. The fraction of sp³-hybridized carbons (Fsp3) is 0.167. The van der Waals surface area contributed by atoms with Crippen LogP contribution in [0, 0.1) is 19.7 Å². The Bertz CT molecular complexity index is 995. The van der Waals surface area contributed by atoms with Gasteiger partial charge in [-0.2, -0.15) is 0 Å². The number of benzene rings is 1. The van der Waals surface area contributed by atoms with E-state index in [0.717, 1.165) is 5.69 Å². The van der Waals surface area contributed by atoms with Crippen molar-refractivity contribution in [3.8, 4) is 0 Å². The Labute approximate surface area is 137 Å². The number of hydrogen-bond acceptors (Lipinski definition) is 3. The first-order valence-electron chi connectivity index (χ1n) is 7.48. The summed E-state index contributed by atoms with van der Waals surface area (Å²) in [5, 5.41) is 2.94. The third-order valence-corrected chi connectivity index (χ3v) is 3.75. The largest absolute Gasteiger partial charge is 0.333 e. The second-order valence-corrected chi connectivity index (χ2v) is 5.58. The van der Waals surface area contributed by atoms with Gasteiger partial charge in [0, 0.05) is 22.8 Å². The first kappa shape index (κ1) is 15.9. The molecule has 122 valence electrons. The Morgan fingerprint density at radius 1 is 1.21 bits per heavy atom. The molecule has 1 N–H and O–H groups in total. The third-order valence-electron chi connectivity index (χ3n) is 3.75. The van der Waals surface area contributed by atoms with Crippen molar-refractivity contribution in [3.05, 3.63) is 69.9 Å².